The number of ether oxygens (including phenoxy) is 1. The predicted octanol–water partition coefficient (Wildman–Crippen LogP) is 9.85. The van der Waals surface area contributed by atoms with E-state index in [1.54, 1.807) is 12.1 Å². The Labute approximate surface area is 303 Å². The lowest BCUT2D eigenvalue weighted by atomic mass is 9.85. The number of H-pyrrole nitrogens is 1. The van der Waals surface area contributed by atoms with Crippen molar-refractivity contribution in [1.82, 2.24) is 19.7 Å². The summed E-state index contributed by atoms with van der Waals surface area (Å²) in [7, 11) is 0. The number of nitrogens with one attached hydrogen (secondary N) is 1. The zero-order valence-electron chi connectivity index (χ0n) is 28.9. The minimum absolute atomic E-state index is 0.109. The summed E-state index contributed by atoms with van der Waals surface area (Å²) in [5, 5.41) is 5.25. The molecule has 4 aromatic rings. The van der Waals surface area contributed by atoms with Gasteiger partial charge >= 0.3 is 11.7 Å². The highest BCUT2D eigenvalue weighted by molar-refractivity contribution is 7.12. The molecular formula is C38H48Cl2N4O4S. The topological polar surface area (TPSA) is 107 Å². The highest BCUT2D eigenvalue weighted by Gasteiger charge is 2.34. The van der Waals surface area contributed by atoms with Crippen LogP contribution in [0.25, 0.3) is 16.9 Å². The molecule has 0 radical (unpaired) electrons. The molecule has 11 heteroatoms. The lowest BCUT2D eigenvalue weighted by molar-refractivity contribution is -0.142. The summed E-state index contributed by atoms with van der Waals surface area (Å²) in [6.07, 6.45) is 17.6. The molecule has 0 aliphatic rings. The van der Waals surface area contributed by atoms with E-state index in [4.69, 9.17) is 32.9 Å². The lowest BCUT2D eigenvalue weighted by Gasteiger charge is -2.26. The highest BCUT2D eigenvalue weighted by atomic mass is 35.5. The second-order valence-electron chi connectivity index (χ2n) is 13.1. The molecule has 2 aromatic heterocycles. The highest BCUT2D eigenvalue weighted by Crippen LogP contribution is 2.44. The van der Waals surface area contributed by atoms with Crippen LogP contribution >= 0.6 is 34.5 Å². The van der Waals surface area contributed by atoms with Gasteiger partial charge in [0.05, 0.1) is 24.4 Å². The number of nitrogens with zero attached hydrogens (tertiary/aromatic N) is 3. The number of unbranched alkanes of at least 4 members (excludes halogenated alkanes) is 12. The summed E-state index contributed by atoms with van der Waals surface area (Å²) in [5.74, 6) is -0.275. The molecule has 0 unspecified atom stereocenters. The molecule has 0 atom stereocenters. The van der Waals surface area contributed by atoms with E-state index in [-0.39, 0.29) is 12.4 Å². The fraction of sp³-hybridized carbons (Fsp3) is 0.500. The van der Waals surface area contributed by atoms with Crippen molar-refractivity contribution >= 4 is 40.5 Å². The standard InChI is InChI=1S/C38H48Cl2N4O4S/c1-4-5-6-7-8-9-10-11-12-13-14-15-19-22-48-33(46)25-31-35(27-20-17-16-18-21-27)43-36(49-31)38(2,3)34-29(39)23-28(24-30(34)40)44-37(47)42-32(45)26-41-44/h16-18,20-21,23-24,26H,4-15,19,22,25H2,1-3H3,(H,42,45,47). The van der Waals surface area contributed by atoms with Gasteiger partial charge in [-0.15, -0.1) is 11.3 Å². The number of benzene rings is 2. The molecule has 0 fully saturated rings. The molecular weight excluding hydrogens is 679 g/mol. The SMILES string of the molecule is CCCCCCCCCCCCCCCOC(=O)Cc1sc(C(C)(C)c2c(Cl)cc(-n3ncc(=O)[nH]c3=O)cc2Cl)nc1-c1ccccc1. The molecule has 2 aromatic carbocycles. The van der Waals surface area contributed by atoms with E-state index in [1.165, 1.54) is 82.0 Å². The van der Waals surface area contributed by atoms with Crippen LogP contribution in [0.15, 0.2) is 58.3 Å². The number of hydrogen-bond donors (Lipinski definition) is 1. The average Bonchev–Trinajstić information content (AvgIpc) is 3.49. The first kappa shape index (κ1) is 38.5. The Balaban J connectivity index is 1.36. The summed E-state index contributed by atoms with van der Waals surface area (Å²) >= 11 is 15.0. The molecule has 0 saturated heterocycles. The second-order valence-corrected chi connectivity index (χ2v) is 15.0. The molecule has 49 heavy (non-hydrogen) atoms. The Hall–Kier alpha value is -3.27. The zero-order valence-corrected chi connectivity index (χ0v) is 31.2. The molecule has 0 saturated carbocycles. The van der Waals surface area contributed by atoms with Crippen molar-refractivity contribution in [2.24, 2.45) is 0 Å². The maximum absolute atomic E-state index is 13.0. The molecule has 0 aliphatic carbocycles. The van der Waals surface area contributed by atoms with Gasteiger partial charge in [0.2, 0.25) is 0 Å². The van der Waals surface area contributed by atoms with Gasteiger partial charge in [-0.3, -0.25) is 14.6 Å². The van der Waals surface area contributed by atoms with Crippen molar-refractivity contribution in [3.05, 3.63) is 95.0 Å². The minimum atomic E-state index is -0.763. The second kappa shape index (κ2) is 19.2. The first-order chi connectivity index (χ1) is 23.6. The number of hydrogen-bond acceptors (Lipinski definition) is 7. The number of carbonyl (C=O) groups is 1. The molecule has 1 N–H and O–H groups in total. The Morgan fingerprint density at radius 1 is 0.878 bits per heavy atom. The maximum atomic E-state index is 13.0. The van der Waals surface area contributed by atoms with Gasteiger partial charge in [0.1, 0.15) is 11.2 Å². The van der Waals surface area contributed by atoms with Crippen LogP contribution < -0.4 is 11.2 Å². The predicted molar refractivity (Wildman–Crippen MR) is 201 cm³/mol. The van der Waals surface area contributed by atoms with Crippen LogP contribution in [0.5, 0.6) is 0 Å². The van der Waals surface area contributed by atoms with Crippen LogP contribution in [0.4, 0.5) is 0 Å². The number of esters is 1. The van der Waals surface area contributed by atoms with Crippen molar-refractivity contribution in [3.8, 4) is 16.9 Å². The minimum Gasteiger partial charge on any atom is -0.465 e. The maximum Gasteiger partial charge on any atom is 0.349 e. The molecule has 2 heterocycles. The molecule has 0 aliphatic heterocycles. The molecule has 0 amide bonds. The van der Waals surface area contributed by atoms with Crippen molar-refractivity contribution in [1.29, 1.82) is 0 Å². The van der Waals surface area contributed by atoms with E-state index >= 15 is 0 Å². The number of halogens is 2. The van der Waals surface area contributed by atoms with E-state index in [0.29, 0.717) is 27.9 Å². The van der Waals surface area contributed by atoms with Crippen LogP contribution in [0, 0.1) is 0 Å². The van der Waals surface area contributed by atoms with Crippen molar-refractivity contribution in [2.45, 2.75) is 116 Å². The van der Waals surface area contributed by atoms with E-state index in [0.717, 1.165) is 44.9 Å². The third kappa shape index (κ3) is 11.1. The summed E-state index contributed by atoms with van der Waals surface area (Å²) in [5.41, 5.74) is 0.476. The Morgan fingerprint density at radius 3 is 2.02 bits per heavy atom. The summed E-state index contributed by atoms with van der Waals surface area (Å²) in [6, 6.07) is 12.9. The van der Waals surface area contributed by atoms with Gasteiger partial charge in [-0.2, -0.15) is 9.78 Å². The summed E-state index contributed by atoms with van der Waals surface area (Å²) in [4.78, 5) is 44.9. The molecule has 0 spiro atoms. The van der Waals surface area contributed by atoms with Crippen molar-refractivity contribution in [2.75, 3.05) is 6.61 Å². The van der Waals surface area contributed by atoms with Gasteiger partial charge < -0.3 is 4.74 Å². The third-order valence-electron chi connectivity index (χ3n) is 8.70. The van der Waals surface area contributed by atoms with Crippen LogP contribution in [0.3, 0.4) is 0 Å². The van der Waals surface area contributed by atoms with Gasteiger partial charge in [0, 0.05) is 31.5 Å². The van der Waals surface area contributed by atoms with Crippen molar-refractivity contribution < 1.29 is 9.53 Å². The lowest BCUT2D eigenvalue weighted by Crippen LogP contribution is -2.30. The number of aromatic amines is 1. The van der Waals surface area contributed by atoms with Crippen LogP contribution in [-0.2, 0) is 21.4 Å². The van der Waals surface area contributed by atoms with Gasteiger partial charge in [-0.05, 0) is 32.4 Å². The Bertz CT molecular complexity index is 1740. The van der Waals surface area contributed by atoms with Gasteiger partial charge in [0.15, 0.2) is 0 Å². The first-order valence-corrected chi connectivity index (χ1v) is 19.1. The smallest absolute Gasteiger partial charge is 0.349 e. The van der Waals surface area contributed by atoms with Gasteiger partial charge in [0.25, 0.3) is 5.56 Å². The summed E-state index contributed by atoms with van der Waals surface area (Å²) in [6.45, 7) is 6.61. The first-order valence-electron chi connectivity index (χ1n) is 17.5. The van der Waals surface area contributed by atoms with E-state index in [2.05, 4.69) is 17.0 Å². The normalized spacial score (nSPS) is 11.6. The molecule has 264 valence electrons. The van der Waals surface area contributed by atoms with Gasteiger partial charge in [-0.1, -0.05) is 138 Å². The Kier molecular flexibility index (Phi) is 15.1. The fourth-order valence-electron chi connectivity index (χ4n) is 5.97. The van der Waals surface area contributed by atoms with Crippen molar-refractivity contribution in [3.63, 3.8) is 0 Å². The zero-order chi connectivity index (χ0) is 35.2. The molecule has 4 rings (SSSR count). The van der Waals surface area contributed by atoms with Crippen LogP contribution in [0.2, 0.25) is 10.0 Å². The van der Waals surface area contributed by atoms with E-state index in [1.807, 2.05) is 44.2 Å². The number of carbonyl (C=O) groups excluding carboxylic acids is 1. The summed E-state index contributed by atoms with van der Waals surface area (Å²) < 4.78 is 6.69. The third-order valence-corrected chi connectivity index (χ3v) is 10.7. The quantitative estimate of drug-likeness (QED) is 0.0718. The van der Waals surface area contributed by atoms with Crippen LogP contribution in [-0.4, -0.2) is 32.3 Å². The van der Waals surface area contributed by atoms with Crippen LogP contribution in [0.1, 0.15) is 120 Å². The van der Waals surface area contributed by atoms with Gasteiger partial charge in [-0.25, -0.2) is 9.78 Å². The Morgan fingerprint density at radius 2 is 1.45 bits per heavy atom. The average molecular weight is 728 g/mol. The number of aromatic nitrogens is 4. The largest absolute Gasteiger partial charge is 0.465 e. The monoisotopic (exact) mass is 726 g/mol. The molecule has 8 nitrogen and oxygen atoms in total. The number of thiazole rings is 1. The molecule has 0 bridgehead atoms. The van der Waals surface area contributed by atoms with E-state index < -0.39 is 16.7 Å². The van der Waals surface area contributed by atoms with E-state index in [9.17, 15) is 14.4 Å². The number of rotatable bonds is 20. The fourth-order valence-corrected chi connectivity index (χ4v) is 8.10.